The molecule has 2 atom stereocenters. The highest BCUT2D eigenvalue weighted by Crippen LogP contribution is 2.62. The van der Waals surface area contributed by atoms with Gasteiger partial charge in [-0.1, -0.05) is 153 Å². The van der Waals surface area contributed by atoms with Crippen molar-refractivity contribution in [2.75, 3.05) is 11.4 Å². The van der Waals surface area contributed by atoms with Gasteiger partial charge in [0.05, 0.1) is 11.4 Å². The van der Waals surface area contributed by atoms with Crippen LogP contribution in [0.3, 0.4) is 0 Å². The summed E-state index contributed by atoms with van der Waals surface area (Å²) in [5.74, 6) is 1.04. The predicted octanol–water partition coefficient (Wildman–Crippen LogP) is 15.3. The van der Waals surface area contributed by atoms with Crippen molar-refractivity contribution < 1.29 is 0 Å². The molecule has 0 saturated heterocycles. The summed E-state index contributed by atoms with van der Waals surface area (Å²) < 4.78 is 0. The molecule has 0 radical (unpaired) electrons. The summed E-state index contributed by atoms with van der Waals surface area (Å²) in [6.45, 7) is 1.16. The van der Waals surface area contributed by atoms with Gasteiger partial charge in [0, 0.05) is 40.4 Å². The number of rotatable bonds is 4. The van der Waals surface area contributed by atoms with Gasteiger partial charge in [-0.05, 0) is 149 Å². The number of nitrogens with zero attached hydrogens (tertiary/aromatic N) is 2. The van der Waals surface area contributed by atoms with Crippen LogP contribution in [0, 0.1) is 5.92 Å². The molecule has 8 aliphatic rings. The summed E-state index contributed by atoms with van der Waals surface area (Å²) in [4.78, 5) is 5.19. The van der Waals surface area contributed by atoms with Crippen LogP contribution in [0.4, 0.5) is 17.1 Å². The van der Waals surface area contributed by atoms with Crippen LogP contribution in [-0.2, 0) is 10.8 Å². The molecule has 2 spiro atoms. The molecule has 5 aromatic rings. The topological polar surface area (TPSA) is 6.48 Å². The average molecular weight is 791 g/mol. The first-order valence-corrected chi connectivity index (χ1v) is 23.5. The van der Waals surface area contributed by atoms with Gasteiger partial charge in [-0.2, -0.15) is 0 Å². The molecule has 2 heteroatoms. The van der Waals surface area contributed by atoms with Crippen LogP contribution >= 0.6 is 0 Å². The largest absolute Gasteiger partial charge is 0.345 e. The Labute approximate surface area is 362 Å². The summed E-state index contributed by atoms with van der Waals surface area (Å²) in [6.07, 6.45) is 37.1. The Kier molecular flexibility index (Phi) is 8.13. The fourth-order valence-corrected chi connectivity index (χ4v) is 13.6. The van der Waals surface area contributed by atoms with Crippen molar-refractivity contribution in [2.45, 2.75) is 93.8 Å². The Morgan fingerprint density at radius 1 is 0.590 bits per heavy atom. The van der Waals surface area contributed by atoms with Gasteiger partial charge < -0.3 is 9.80 Å². The second-order valence-corrected chi connectivity index (χ2v) is 19.3. The van der Waals surface area contributed by atoms with E-state index in [0.717, 1.165) is 6.54 Å². The maximum atomic E-state index is 2.73. The van der Waals surface area contributed by atoms with E-state index in [0.29, 0.717) is 11.8 Å². The predicted molar refractivity (Wildman–Crippen MR) is 255 cm³/mol. The maximum Gasteiger partial charge on any atom is 0.0534 e. The van der Waals surface area contributed by atoms with Gasteiger partial charge in [0.1, 0.15) is 0 Å². The SMILES string of the molecule is C1=CC2=C(CC1)N(C1=CC3C(C=C1)c1ccc(/C=C/c4ccc5c(c4)C4(CCCC4)c4cc(N6c7ccccc7C=Cc7ccccc76)ccc4-5)cc1C31CCCC1)CCC2. The first-order chi connectivity index (χ1) is 30.2. The molecular formula is C59H54N2. The van der Waals surface area contributed by atoms with Crippen LogP contribution in [0.1, 0.15) is 127 Å². The minimum atomic E-state index is 0.0618. The van der Waals surface area contributed by atoms with Crippen molar-refractivity contribution in [3.05, 3.63) is 195 Å². The third-order valence-corrected chi connectivity index (χ3v) is 16.4. The Bertz CT molecular complexity index is 2780. The van der Waals surface area contributed by atoms with Gasteiger partial charge in [-0.3, -0.25) is 0 Å². The van der Waals surface area contributed by atoms with E-state index < -0.39 is 0 Å². The Morgan fingerprint density at radius 3 is 2.03 bits per heavy atom. The number of benzene rings is 5. The third-order valence-electron chi connectivity index (χ3n) is 16.4. The van der Waals surface area contributed by atoms with Gasteiger partial charge in [0.25, 0.3) is 0 Å². The zero-order valence-corrected chi connectivity index (χ0v) is 35.3. The first kappa shape index (κ1) is 35.9. The molecule has 2 heterocycles. The van der Waals surface area contributed by atoms with Gasteiger partial charge in [0.15, 0.2) is 0 Å². The molecule has 2 aliphatic heterocycles. The lowest BCUT2D eigenvalue weighted by Gasteiger charge is -2.40. The molecule has 2 saturated carbocycles. The molecule has 6 aliphatic carbocycles. The van der Waals surface area contributed by atoms with E-state index in [4.69, 9.17) is 0 Å². The molecule has 0 N–H and O–H groups in total. The smallest absolute Gasteiger partial charge is 0.0534 e. The van der Waals surface area contributed by atoms with Crippen LogP contribution < -0.4 is 4.90 Å². The fraction of sp³-hybridized carbons (Fsp3) is 0.288. The van der Waals surface area contributed by atoms with Crippen LogP contribution in [-0.4, -0.2) is 11.4 Å². The Hall–Kier alpha value is -5.86. The van der Waals surface area contributed by atoms with Crippen molar-refractivity contribution in [2.24, 2.45) is 5.92 Å². The fourth-order valence-electron chi connectivity index (χ4n) is 13.6. The molecule has 300 valence electrons. The van der Waals surface area contributed by atoms with Gasteiger partial charge in [0.2, 0.25) is 0 Å². The molecule has 13 rings (SSSR count). The van der Waals surface area contributed by atoms with Crippen LogP contribution in [0.15, 0.2) is 150 Å². The maximum absolute atomic E-state index is 2.73. The quantitative estimate of drug-likeness (QED) is 0.164. The molecule has 0 amide bonds. The molecule has 61 heavy (non-hydrogen) atoms. The molecule has 2 fully saturated rings. The molecule has 0 bridgehead atoms. The van der Waals surface area contributed by atoms with E-state index in [1.54, 1.807) is 22.4 Å². The summed E-state index contributed by atoms with van der Waals surface area (Å²) >= 11 is 0. The highest BCUT2D eigenvalue weighted by molar-refractivity contribution is 5.94. The van der Waals surface area contributed by atoms with Gasteiger partial charge >= 0.3 is 0 Å². The zero-order chi connectivity index (χ0) is 40.1. The lowest BCUT2D eigenvalue weighted by molar-refractivity contribution is 0.319. The van der Waals surface area contributed by atoms with E-state index >= 15 is 0 Å². The first-order valence-electron chi connectivity index (χ1n) is 23.5. The van der Waals surface area contributed by atoms with Gasteiger partial charge in [-0.25, -0.2) is 0 Å². The van der Waals surface area contributed by atoms with Crippen LogP contribution in [0.25, 0.3) is 35.4 Å². The number of anilines is 3. The molecular weight excluding hydrogens is 737 g/mol. The number of hydrogen-bond acceptors (Lipinski definition) is 2. The number of hydrogen-bond donors (Lipinski definition) is 0. The Morgan fingerprint density at radius 2 is 1.26 bits per heavy atom. The zero-order valence-electron chi connectivity index (χ0n) is 35.3. The molecule has 0 aromatic heterocycles. The van der Waals surface area contributed by atoms with Crippen molar-refractivity contribution in [3.8, 4) is 11.1 Å². The van der Waals surface area contributed by atoms with E-state index in [9.17, 15) is 0 Å². The minimum absolute atomic E-state index is 0.0618. The van der Waals surface area contributed by atoms with Crippen molar-refractivity contribution in [1.29, 1.82) is 0 Å². The number of para-hydroxylation sites is 2. The molecule has 2 nitrogen and oxygen atoms in total. The molecule has 2 unspecified atom stereocenters. The highest BCUT2D eigenvalue weighted by atomic mass is 15.2. The Balaban J connectivity index is 0.829. The van der Waals surface area contributed by atoms with E-state index in [-0.39, 0.29) is 10.8 Å². The summed E-state index contributed by atoms with van der Waals surface area (Å²) in [5, 5.41) is 0. The standard InChI is InChI=1S/C59H54N2/c1-4-16-55-42(12-1)15-11-35-60(55)45-25-29-49-47-27-21-40(36-51(47)58(53(49)38-45)31-7-8-32-58)19-20-41-22-28-48-50-30-26-46(39-54(50)59(52(48)37-41)33-9-10-34-59)61-56-17-5-2-13-43(56)23-24-44-14-3-6-18-57(44)61/h1-3,5-6,12-14,17-30,36-39,49,53H,4,7-11,15-16,31-35H2/b20-19+. The second-order valence-electron chi connectivity index (χ2n) is 19.3. The van der Waals surface area contributed by atoms with Crippen LogP contribution in [0.2, 0.25) is 0 Å². The average Bonchev–Trinajstić information content (AvgIpc) is 4.10. The van der Waals surface area contributed by atoms with E-state index in [1.165, 1.54) is 144 Å². The number of allylic oxidation sites excluding steroid dienone is 7. The molecule has 5 aromatic carbocycles. The second kappa shape index (κ2) is 13.8. The minimum Gasteiger partial charge on any atom is -0.345 e. The lowest BCUT2D eigenvalue weighted by Crippen LogP contribution is -2.33. The monoisotopic (exact) mass is 790 g/mol. The normalized spacial score (nSPS) is 23.2. The highest BCUT2D eigenvalue weighted by Gasteiger charge is 2.52. The van der Waals surface area contributed by atoms with Crippen molar-refractivity contribution in [3.63, 3.8) is 0 Å². The van der Waals surface area contributed by atoms with E-state index in [1.807, 2.05) is 0 Å². The van der Waals surface area contributed by atoms with Crippen molar-refractivity contribution >= 4 is 41.4 Å². The lowest BCUT2D eigenvalue weighted by atomic mass is 9.69. The number of fused-ring (bicyclic) bond motifs is 12. The third kappa shape index (κ3) is 5.40. The van der Waals surface area contributed by atoms with Crippen LogP contribution in [0.5, 0.6) is 0 Å². The summed E-state index contributed by atoms with van der Waals surface area (Å²) in [7, 11) is 0. The van der Waals surface area contributed by atoms with Crippen molar-refractivity contribution in [1.82, 2.24) is 4.90 Å². The summed E-state index contributed by atoms with van der Waals surface area (Å²) in [6, 6.07) is 39.9. The van der Waals surface area contributed by atoms with E-state index in [2.05, 4.69) is 168 Å². The van der Waals surface area contributed by atoms with Gasteiger partial charge in [-0.15, -0.1) is 0 Å². The summed E-state index contributed by atoms with van der Waals surface area (Å²) in [5.41, 5.74) is 23.0.